The van der Waals surface area contributed by atoms with Gasteiger partial charge in [0.2, 0.25) is 10.4 Å². The minimum Gasteiger partial charge on any atom is -0.726 e. The fourth-order valence-corrected chi connectivity index (χ4v) is 1.09. The molecule has 9 nitrogen and oxygen atoms in total. The van der Waals surface area contributed by atoms with Gasteiger partial charge in [-0.3, -0.25) is 4.18 Å². The Morgan fingerprint density at radius 3 is 2.12 bits per heavy atom. The number of aliphatic hydroxyl groups is 3. The van der Waals surface area contributed by atoms with Gasteiger partial charge in [-0.15, -0.1) is 0 Å². The summed E-state index contributed by atoms with van der Waals surface area (Å²) in [6.45, 7) is -1.05. The van der Waals surface area contributed by atoms with E-state index in [-0.39, 0.29) is 57.7 Å². The summed E-state index contributed by atoms with van der Waals surface area (Å²) in [5, 5.41) is 27.4. The van der Waals surface area contributed by atoms with Gasteiger partial charge in [-0.25, -0.2) is 8.42 Å². The molecular weight excluding hydrogens is 285 g/mol. The van der Waals surface area contributed by atoms with Crippen molar-refractivity contribution in [2.75, 3.05) is 6.61 Å². The SMILES string of the molecule is N[C@@H](C=O)[C@@H](O)[C@H](O)[C@H](O)COS(=O)(=O)[O-].[K+]. The number of rotatable bonds is 7. The molecule has 0 saturated carbocycles. The van der Waals surface area contributed by atoms with Crippen LogP contribution in [0.4, 0.5) is 0 Å². The molecule has 0 aromatic carbocycles. The Morgan fingerprint density at radius 1 is 1.29 bits per heavy atom. The van der Waals surface area contributed by atoms with Crippen LogP contribution < -0.4 is 57.1 Å². The van der Waals surface area contributed by atoms with Gasteiger partial charge in [0.1, 0.15) is 24.6 Å². The first-order valence-electron chi connectivity index (χ1n) is 4.04. The molecule has 0 aromatic heterocycles. The van der Waals surface area contributed by atoms with E-state index in [1.165, 1.54) is 0 Å². The molecule has 0 aliphatic heterocycles. The van der Waals surface area contributed by atoms with Crippen LogP contribution in [0.25, 0.3) is 0 Å². The Labute approximate surface area is 140 Å². The standard InChI is InChI=1S/C6H13NO8S.K/c7-3(1-8)5(10)6(11)4(9)2-15-16(12,13)14;/h1,3-6,9-11H,2,7H2,(H,12,13,14);/q;+1/p-1/t3-,4+,5+,6+;/m0./s1. The van der Waals surface area contributed by atoms with Gasteiger partial charge < -0.3 is 30.4 Å². The number of hydrogen-bond donors (Lipinski definition) is 4. The number of aldehydes is 1. The number of carbonyl (C=O) groups excluding carboxylic acids is 1. The van der Waals surface area contributed by atoms with Crippen molar-refractivity contribution in [3.05, 3.63) is 0 Å². The summed E-state index contributed by atoms with van der Waals surface area (Å²) in [5.74, 6) is 0. The van der Waals surface area contributed by atoms with Crippen LogP contribution in [0.15, 0.2) is 0 Å². The van der Waals surface area contributed by atoms with Crippen LogP contribution in [0.2, 0.25) is 0 Å². The molecule has 0 bridgehead atoms. The topological polar surface area (TPSA) is 170 Å². The zero-order valence-electron chi connectivity index (χ0n) is 8.96. The second kappa shape index (κ2) is 9.01. The third-order valence-corrected chi connectivity index (χ3v) is 2.10. The van der Waals surface area contributed by atoms with Gasteiger partial charge in [0.25, 0.3) is 0 Å². The Morgan fingerprint density at radius 2 is 1.76 bits per heavy atom. The molecule has 0 fully saturated rings. The van der Waals surface area contributed by atoms with E-state index in [4.69, 9.17) is 21.1 Å². The second-order valence-electron chi connectivity index (χ2n) is 2.95. The fourth-order valence-electron chi connectivity index (χ4n) is 0.787. The van der Waals surface area contributed by atoms with E-state index in [2.05, 4.69) is 4.18 Å². The second-order valence-corrected chi connectivity index (χ2v) is 4.01. The Hall–Kier alpha value is 1.02. The van der Waals surface area contributed by atoms with Crippen LogP contribution in [0, 0.1) is 0 Å². The summed E-state index contributed by atoms with van der Waals surface area (Å²) in [6, 6.07) is -1.45. The average Bonchev–Trinajstić information content (AvgIpc) is 2.21. The normalized spacial score (nSPS) is 18.6. The van der Waals surface area contributed by atoms with E-state index < -0.39 is 41.4 Å². The van der Waals surface area contributed by atoms with E-state index in [1.54, 1.807) is 0 Å². The smallest absolute Gasteiger partial charge is 0.726 e. The van der Waals surface area contributed by atoms with Crippen LogP contribution in [-0.2, 0) is 19.4 Å². The molecule has 0 heterocycles. The summed E-state index contributed by atoms with van der Waals surface area (Å²) in [4.78, 5) is 10.1. The van der Waals surface area contributed by atoms with Gasteiger partial charge in [0, 0.05) is 0 Å². The summed E-state index contributed by atoms with van der Waals surface area (Å²) < 4.78 is 33.7. The molecule has 0 amide bonds. The van der Waals surface area contributed by atoms with Gasteiger partial charge in [0.15, 0.2) is 0 Å². The van der Waals surface area contributed by atoms with Gasteiger partial charge in [-0.05, 0) is 0 Å². The predicted octanol–water partition coefficient (Wildman–Crippen LogP) is -6.92. The first kappa shape index (κ1) is 20.3. The molecule has 5 N–H and O–H groups in total. The molecule has 0 aliphatic carbocycles. The van der Waals surface area contributed by atoms with E-state index in [0.717, 1.165) is 0 Å². The fraction of sp³-hybridized carbons (Fsp3) is 0.833. The molecule has 0 aliphatic rings. The van der Waals surface area contributed by atoms with Gasteiger partial charge in [-0.2, -0.15) is 0 Å². The van der Waals surface area contributed by atoms with Gasteiger partial charge in [-0.1, -0.05) is 0 Å². The number of nitrogens with two attached hydrogens (primary N) is 1. The molecule has 0 saturated heterocycles. The van der Waals surface area contributed by atoms with Crippen molar-refractivity contribution in [2.24, 2.45) is 5.73 Å². The van der Waals surface area contributed by atoms with Crippen LogP contribution in [-0.4, -0.2) is 65.5 Å². The zero-order valence-corrected chi connectivity index (χ0v) is 12.9. The molecule has 0 unspecified atom stereocenters. The van der Waals surface area contributed by atoms with Crippen LogP contribution in [0.1, 0.15) is 0 Å². The molecule has 11 heteroatoms. The van der Waals surface area contributed by atoms with Crippen molar-refractivity contribution < 1.29 is 88.7 Å². The maximum Gasteiger partial charge on any atom is 1.00 e. The Bertz CT molecular complexity index is 322. The summed E-state index contributed by atoms with van der Waals surface area (Å²) in [5.41, 5.74) is 5.03. The third-order valence-electron chi connectivity index (χ3n) is 1.68. The Balaban J connectivity index is 0. The minimum atomic E-state index is -5.01. The number of carbonyl (C=O) groups is 1. The van der Waals surface area contributed by atoms with E-state index in [1.807, 2.05) is 0 Å². The maximum absolute atomic E-state index is 10.1. The molecule has 96 valence electrons. The minimum absolute atomic E-state index is 0. The van der Waals surface area contributed by atoms with Crippen molar-refractivity contribution in [2.45, 2.75) is 24.4 Å². The third kappa shape index (κ3) is 8.69. The van der Waals surface area contributed by atoms with E-state index in [9.17, 15) is 17.8 Å². The molecule has 0 radical (unpaired) electrons. The first-order chi connectivity index (χ1) is 7.19. The monoisotopic (exact) mass is 297 g/mol. The van der Waals surface area contributed by atoms with Crippen molar-refractivity contribution in [3.8, 4) is 0 Å². The van der Waals surface area contributed by atoms with Gasteiger partial charge >= 0.3 is 51.4 Å². The van der Waals surface area contributed by atoms with E-state index in [0.29, 0.717) is 0 Å². The Kier molecular flexibility index (Phi) is 10.8. The quantitative estimate of drug-likeness (QED) is 0.154. The number of aliphatic hydroxyl groups excluding tert-OH is 3. The molecule has 0 aromatic rings. The average molecular weight is 297 g/mol. The van der Waals surface area contributed by atoms with Crippen LogP contribution in [0.5, 0.6) is 0 Å². The maximum atomic E-state index is 10.1. The molecule has 0 spiro atoms. The molecule has 4 atom stereocenters. The van der Waals surface area contributed by atoms with Crippen molar-refractivity contribution in [1.82, 2.24) is 0 Å². The predicted molar refractivity (Wildman–Crippen MR) is 47.7 cm³/mol. The first-order valence-corrected chi connectivity index (χ1v) is 5.37. The van der Waals surface area contributed by atoms with Crippen LogP contribution >= 0.6 is 0 Å². The largest absolute Gasteiger partial charge is 1.00 e. The molecular formula is C6H12KNO8S. The summed E-state index contributed by atoms with van der Waals surface area (Å²) in [6.07, 6.45) is -5.46. The zero-order chi connectivity index (χ0) is 12.9. The van der Waals surface area contributed by atoms with E-state index >= 15 is 0 Å². The van der Waals surface area contributed by atoms with Crippen molar-refractivity contribution in [3.63, 3.8) is 0 Å². The van der Waals surface area contributed by atoms with Crippen molar-refractivity contribution in [1.29, 1.82) is 0 Å². The van der Waals surface area contributed by atoms with Crippen molar-refractivity contribution >= 4 is 16.7 Å². The molecule has 0 rings (SSSR count). The summed E-state index contributed by atoms with van der Waals surface area (Å²) >= 11 is 0. The summed E-state index contributed by atoms with van der Waals surface area (Å²) in [7, 11) is -5.01. The van der Waals surface area contributed by atoms with Gasteiger partial charge in [0.05, 0.1) is 12.6 Å². The molecule has 17 heavy (non-hydrogen) atoms. The number of hydrogen-bond acceptors (Lipinski definition) is 9. The van der Waals surface area contributed by atoms with Crippen LogP contribution in [0.3, 0.4) is 0 Å².